The molecule has 0 radical (unpaired) electrons. The number of rotatable bonds is 3. The third-order valence-corrected chi connectivity index (χ3v) is 3.85. The van der Waals surface area contributed by atoms with Crippen molar-refractivity contribution in [2.75, 3.05) is 19.7 Å². The van der Waals surface area contributed by atoms with Gasteiger partial charge in [-0.2, -0.15) is 0 Å². The lowest BCUT2D eigenvalue weighted by molar-refractivity contribution is -0.0212. The van der Waals surface area contributed by atoms with Gasteiger partial charge >= 0.3 is 0 Å². The Kier molecular flexibility index (Phi) is 3.85. The van der Waals surface area contributed by atoms with E-state index in [1.54, 1.807) is 6.20 Å². The second kappa shape index (κ2) is 5.77. The topological polar surface area (TPSA) is 30.3 Å². The monoisotopic (exact) mass is 271 g/mol. The van der Waals surface area contributed by atoms with Gasteiger partial charge in [-0.1, -0.05) is 6.07 Å². The molecule has 0 saturated carbocycles. The predicted molar refractivity (Wildman–Crippen MR) is 79.0 cm³/mol. The Hall–Kier alpha value is -1.65. The smallest absolute Gasteiger partial charge is 0.0991 e. The van der Waals surface area contributed by atoms with E-state index in [9.17, 15) is 0 Å². The Morgan fingerprint density at radius 3 is 3.00 bits per heavy atom. The largest absolute Gasteiger partial charge is 0.376 e. The number of hydrogen-bond donors (Lipinski definition) is 0. The van der Waals surface area contributed by atoms with Crippen LogP contribution in [0.3, 0.4) is 0 Å². The number of morpholine rings is 1. The quantitative estimate of drug-likeness (QED) is 0.858. The van der Waals surface area contributed by atoms with Gasteiger partial charge in [0.1, 0.15) is 0 Å². The first-order valence-electron chi connectivity index (χ1n) is 7.14. The number of aryl methyl sites for hydroxylation is 1. The fourth-order valence-electron chi connectivity index (χ4n) is 2.71. The lowest BCUT2D eigenvalue weighted by atomic mass is 10.1. The Morgan fingerprint density at radius 2 is 2.30 bits per heavy atom. The van der Waals surface area contributed by atoms with Gasteiger partial charge in [0.2, 0.25) is 0 Å². The summed E-state index contributed by atoms with van der Waals surface area (Å²) in [5, 5.41) is 0. The van der Waals surface area contributed by atoms with Crippen molar-refractivity contribution in [1.29, 1.82) is 0 Å². The Bertz CT molecular complexity index is 565. The molecule has 1 unspecified atom stereocenters. The van der Waals surface area contributed by atoms with Crippen LogP contribution in [0.2, 0.25) is 0 Å². The van der Waals surface area contributed by atoms with Crippen molar-refractivity contribution >= 4 is 0 Å². The van der Waals surface area contributed by atoms with E-state index >= 15 is 0 Å². The highest BCUT2D eigenvalue weighted by Crippen LogP contribution is 2.17. The number of aromatic nitrogens is 2. The Morgan fingerprint density at radius 1 is 1.40 bits per heavy atom. The van der Waals surface area contributed by atoms with Crippen molar-refractivity contribution < 1.29 is 4.74 Å². The van der Waals surface area contributed by atoms with Crippen molar-refractivity contribution in [3.05, 3.63) is 48.0 Å². The highest BCUT2D eigenvalue weighted by Gasteiger charge is 2.17. The summed E-state index contributed by atoms with van der Waals surface area (Å²) in [5.41, 5.74) is 3.89. The maximum Gasteiger partial charge on any atom is 0.0991 e. The third-order valence-electron chi connectivity index (χ3n) is 3.85. The summed E-state index contributed by atoms with van der Waals surface area (Å²) in [4.78, 5) is 6.56. The molecule has 1 saturated heterocycles. The standard InChI is InChI=1S/C16H21N3O/c1-13-9-16(19-6-5-17-12-19)4-3-15(13)11-18-7-8-20-14(2)10-18/h3-6,9,12,14H,7-8,10-11H2,1-2H3. The lowest BCUT2D eigenvalue weighted by Crippen LogP contribution is -2.40. The number of ether oxygens (including phenoxy) is 1. The highest BCUT2D eigenvalue weighted by atomic mass is 16.5. The van der Waals surface area contributed by atoms with Crippen molar-refractivity contribution in [1.82, 2.24) is 14.5 Å². The minimum absolute atomic E-state index is 0.342. The molecule has 1 aliphatic rings. The fourth-order valence-corrected chi connectivity index (χ4v) is 2.71. The summed E-state index contributed by atoms with van der Waals surface area (Å²) >= 11 is 0. The molecule has 1 atom stereocenters. The van der Waals surface area contributed by atoms with Crippen LogP contribution in [0.1, 0.15) is 18.1 Å². The van der Waals surface area contributed by atoms with E-state index in [1.807, 2.05) is 17.1 Å². The molecule has 106 valence electrons. The van der Waals surface area contributed by atoms with Gasteiger partial charge < -0.3 is 9.30 Å². The summed E-state index contributed by atoms with van der Waals surface area (Å²) in [6.07, 6.45) is 5.95. The van der Waals surface area contributed by atoms with Crippen molar-refractivity contribution in [2.45, 2.75) is 26.5 Å². The normalized spacial score (nSPS) is 20.2. The first-order valence-corrected chi connectivity index (χ1v) is 7.14. The Labute approximate surface area is 120 Å². The molecule has 0 aliphatic carbocycles. The molecule has 0 spiro atoms. The van der Waals surface area contributed by atoms with Crippen LogP contribution in [0, 0.1) is 6.92 Å². The van der Waals surface area contributed by atoms with Crippen LogP contribution in [0.15, 0.2) is 36.9 Å². The van der Waals surface area contributed by atoms with Crippen molar-refractivity contribution in [2.24, 2.45) is 0 Å². The van der Waals surface area contributed by atoms with Crippen molar-refractivity contribution in [3.8, 4) is 5.69 Å². The molecule has 0 N–H and O–H groups in total. The van der Waals surface area contributed by atoms with Crippen molar-refractivity contribution in [3.63, 3.8) is 0 Å². The van der Waals surface area contributed by atoms with Crippen LogP contribution in [0.25, 0.3) is 5.69 Å². The lowest BCUT2D eigenvalue weighted by Gasteiger charge is -2.31. The van der Waals surface area contributed by atoms with Crippen LogP contribution in [0.5, 0.6) is 0 Å². The van der Waals surface area contributed by atoms with Gasteiger partial charge in [-0.3, -0.25) is 4.90 Å². The zero-order chi connectivity index (χ0) is 13.9. The predicted octanol–water partition coefficient (Wildman–Crippen LogP) is 2.40. The van der Waals surface area contributed by atoms with Gasteiger partial charge in [-0.05, 0) is 37.1 Å². The van der Waals surface area contributed by atoms with Crippen LogP contribution < -0.4 is 0 Å². The van der Waals surface area contributed by atoms with E-state index < -0.39 is 0 Å². The van der Waals surface area contributed by atoms with Gasteiger partial charge in [0.25, 0.3) is 0 Å². The zero-order valence-electron chi connectivity index (χ0n) is 12.1. The molecule has 1 fully saturated rings. The molecule has 0 amide bonds. The first-order chi connectivity index (χ1) is 9.72. The maximum atomic E-state index is 5.59. The highest BCUT2D eigenvalue weighted by molar-refractivity contribution is 5.40. The summed E-state index contributed by atoms with van der Waals surface area (Å²) < 4.78 is 7.63. The number of benzene rings is 1. The molecule has 1 aromatic carbocycles. The van der Waals surface area contributed by atoms with Crippen LogP contribution in [0.4, 0.5) is 0 Å². The summed E-state index contributed by atoms with van der Waals surface area (Å²) in [6, 6.07) is 6.61. The van der Waals surface area contributed by atoms with Crippen LogP contribution in [-0.4, -0.2) is 40.3 Å². The SMILES string of the molecule is Cc1cc(-n2ccnc2)ccc1CN1CCOC(C)C1. The molecule has 2 aromatic rings. The van der Waals surface area contributed by atoms with Gasteiger partial charge in [0, 0.05) is 37.7 Å². The van der Waals surface area contributed by atoms with E-state index in [4.69, 9.17) is 4.74 Å². The molecule has 4 nitrogen and oxygen atoms in total. The fraction of sp³-hybridized carbons (Fsp3) is 0.438. The minimum atomic E-state index is 0.342. The number of hydrogen-bond acceptors (Lipinski definition) is 3. The summed E-state index contributed by atoms with van der Waals surface area (Å²) in [6.45, 7) is 8.20. The molecule has 1 aliphatic heterocycles. The van der Waals surface area contributed by atoms with Gasteiger partial charge in [-0.25, -0.2) is 4.98 Å². The van der Waals surface area contributed by atoms with E-state index in [-0.39, 0.29) is 0 Å². The number of imidazole rings is 1. The summed E-state index contributed by atoms with van der Waals surface area (Å²) in [5.74, 6) is 0. The average Bonchev–Trinajstić information content (AvgIpc) is 2.95. The van der Waals surface area contributed by atoms with Gasteiger partial charge in [-0.15, -0.1) is 0 Å². The van der Waals surface area contributed by atoms with E-state index in [2.05, 4.69) is 41.9 Å². The third kappa shape index (κ3) is 2.92. The van der Waals surface area contributed by atoms with Crippen LogP contribution in [-0.2, 0) is 11.3 Å². The molecule has 20 heavy (non-hydrogen) atoms. The van der Waals surface area contributed by atoms with E-state index in [1.165, 1.54) is 16.8 Å². The molecule has 0 bridgehead atoms. The maximum absolute atomic E-state index is 5.59. The second-order valence-corrected chi connectivity index (χ2v) is 5.50. The van der Waals surface area contributed by atoms with E-state index in [0.29, 0.717) is 6.10 Å². The molecule has 4 heteroatoms. The molecule has 2 heterocycles. The molecule has 1 aromatic heterocycles. The Balaban J connectivity index is 1.74. The zero-order valence-corrected chi connectivity index (χ0v) is 12.1. The molecule has 3 rings (SSSR count). The average molecular weight is 271 g/mol. The number of nitrogens with zero attached hydrogens (tertiary/aromatic N) is 3. The molecular weight excluding hydrogens is 250 g/mol. The van der Waals surface area contributed by atoms with Crippen LogP contribution >= 0.6 is 0 Å². The van der Waals surface area contributed by atoms with E-state index in [0.717, 1.165) is 26.2 Å². The van der Waals surface area contributed by atoms with Gasteiger partial charge in [0.15, 0.2) is 0 Å². The minimum Gasteiger partial charge on any atom is -0.376 e. The molecular formula is C16H21N3O. The second-order valence-electron chi connectivity index (χ2n) is 5.50. The summed E-state index contributed by atoms with van der Waals surface area (Å²) in [7, 11) is 0. The first kappa shape index (κ1) is 13.3. The van der Waals surface area contributed by atoms with Gasteiger partial charge in [0.05, 0.1) is 19.0 Å².